The van der Waals surface area contributed by atoms with Gasteiger partial charge in [-0.15, -0.1) is 0 Å². The Bertz CT molecular complexity index is 653. The molecule has 3 heteroatoms. The highest BCUT2D eigenvalue weighted by Gasteiger charge is 2.28. The molecule has 1 aliphatic rings. The van der Waals surface area contributed by atoms with Crippen LogP contribution in [0.25, 0.3) is 0 Å². The quantitative estimate of drug-likeness (QED) is 0.839. The Balaban J connectivity index is 1.99. The predicted octanol–water partition coefficient (Wildman–Crippen LogP) is 4.48. The number of hydrogen-bond acceptors (Lipinski definition) is 2. The largest absolute Gasteiger partial charge is 0.485 e. The Kier molecular flexibility index (Phi) is 3.45. The molecule has 0 aliphatic carbocycles. The van der Waals surface area contributed by atoms with Gasteiger partial charge in [-0.3, -0.25) is 0 Å². The fraction of sp³-hybridized carbons (Fsp3) is 0.294. The highest BCUT2D eigenvalue weighted by molar-refractivity contribution is 6.30. The minimum absolute atomic E-state index is 0.0126. The summed E-state index contributed by atoms with van der Waals surface area (Å²) in [5.74, 6) is 0.846. The van der Waals surface area contributed by atoms with Crippen molar-refractivity contribution in [3.63, 3.8) is 0 Å². The van der Waals surface area contributed by atoms with Crippen LogP contribution in [0.5, 0.6) is 5.75 Å². The molecule has 0 radical (unpaired) electrons. The van der Waals surface area contributed by atoms with Crippen molar-refractivity contribution < 1.29 is 4.74 Å². The van der Waals surface area contributed by atoms with Crippen LogP contribution in [0.3, 0.4) is 0 Å². The lowest BCUT2D eigenvalue weighted by Gasteiger charge is -2.31. The Hall–Kier alpha value is -1.51. The van der Waals surface area contributed by atoms with Gasteiger partial charge in [0.25, 0.3) is 0 Å². The van der Waals surface area contributed by atoms with Crippen molar-refractivity contribution in [3.8, 4) is 5.75 Å². The fourth-order valence-electron chi connectivity index (χ4n) is 2.79. The van der Waals surface area contributed by atoms with Crippen LogP contribution in [0.15, 0.2) is 36.4 Å². The van der Waals surface area contributed by atoms with Gasteiger partial charge in [0.05, 0.1) is 0 Å². The van der Waals surface area contributed by atoms with Crippen LogP contribution in [0.1, 0.15) is 40.8 Å². The summed E-state index contributed by atoms with van der Waals surface area (Å²) in [6.07, 6.45) is 0.788. The molecule has 2 nitrogen and oxygen atoms in total. The van der Waals surface area contributed by atoms with E-state index in [-0.39, 0.29) is 12.1 Å². The van der Waals surface area contributed by atoms with Gasteiger partial charge in [-0.1, -0.05) is 29.8 Å². The summed E-state index contributed by atoms with van der Waals surface area (Å²) in [6.45, 7) is 4.26. The van der Waals surface area contributed by atoms with E-state index in [1.54, 1.807) is 0 Å². The SMILES string of the molecule is Cc1cccc(C2CC(N)c3cc(Cl)ccc3O2)c1C. The zero-order valence-electron chi connectivity index (χ0n) is 11.7. The number of rotatable bonds is 1. The molecule has 0 spiro atoms. The van der Waals surface area contributed by atoms with Gasteiger partial charge in [0.1, 0.15) is 11.9 Å². The maximum absolute atomic E-state index is 6.29. The monoisotopic (exact) mass is 287 g/mol. The van der Waals surface area contributed by atoms with Crippen molar-refractivity contribution >= 4 is 11.6 Å². The maximum Gasteiger partial charge on any atom is 0.126 e. The van der Waals surface area contributed by atoms with Crippen molar-refractivity contribution in [3.05, 3.63) is 63.7 Å². The van der Waals surface area contributed by atoms with E-state index in [0.717, 1.165) is 17.7 Å². The zero-order chi connectivity index (χ0) is 14.3. The van der Waals surface area contributed by atoms with Crippen molar-refractivity contribution in [2.24, 2.45) is 5.73 Å². The smallest absolute Gasteiger partial charge is 0.126 e. The minimum Gasteiger partial charge on any atom is -0.485 e. The molecule has 0 fully saturated rings. The van der Waals surface area contributed by atoms with Crippen molar-refractivity contribution in [2.75, 3.05) is 0 Å². The summed E-state index contributed by atoms with van der Waals surface area (Å²) < 4.78 is 6.14. The summed E-state index contributed by atoms with van der Waals surface area (Å²) in [5, 5.41) is 0.702. The van der Waals surface area contributed by atoms with Gasteiger partial charge in [-0.2, -0.15) is 0 Å². The Morgan fingerprint density at radius 2 is 1.95 bits per heavy atom. The second-order valence-corrected chi connectivity index (χ2v) is 5.86. The van der Waals surface area contributed by atoms with Crippen LogP contribution in [0.4, 0.5) is 0 Å². The van der Waals surface area contributed by atoms with Crippen LogP contribution in [-0.2, 0) is 0 Å². The summed E-state index contributed by atoms with van der Waals surface area (Å²) >= 11 is 6.03. The van der Waals surface area contributed by atoms with Crippen molar-refractivity contribution in [1.29, 1.82) is 0 Å². The number of fused-ring (bicyclic) bond motifs is 1. The molecule has 1 heterocycles. The number of benzene rings is 2. The van der Waals surface area contributed by atoms with Gasteiger partial charge in [0.15, 0.2) is 0 Å². The van der Waals surface area contributed by atoms with E-state index in [1.165, 1.54) is 16.7 Å². The standard InChI is InChI=1S/C17H18ClNO/c1-10-4-3-5-13(11(10)2)17-9-15(19)14-8-12(18)6-7-16(14)20-17/h3-8,15,17H,9,19H2,1-2H3. The molecule has 3 rings (SSSR count). The molecule has 2 atom stereocenters. The average Bonchev–Trinajstić information content (AvgIpc) is 2.42. The highest BCUT2D eigenvalue weighted by atomic mass is 35.5. The summed E-state index contributed by atoms with van der Waals surface area (Å²) in [6, 6.07) is 11.9. The van der Waals surface area contributed by atoms with Crippen LogP contribution in [-0.4, -0.2) is 0 Å². The van der Waals surface area contributed by atoms with Gasteiger partial charge < -0.3 is 10.5 Å². The lowest BCUT2D eigenvalue weighted by Crippen LogP contribution is -2.24. The number of halogens is 1. The normalized spacial score (nSPS) is 21.2. The first-order valence-electron chi connectivity index (χ1n) is 6.84. The third-order valence-electron chi connectivity index (χ3n) is 4.10. The summed E-state index contributed by atoms with van der Waals surface area (Å²) in [5.41, 5.74) is 11.1. The minimum atomic E-state index is -0.0395. The Morgan fingerprint density at radius 1 is 1.15 bits per heavy atom. The van der Waals surface area contributed by atoms with E-state index < -0.39 is 0 Å². The number of aryl methyl sites for hydroxylation is 1. The van der Waals surface area contributed by atoms with Gasteiger partial charge >= 0.3 is 0 Å². The first kappa shape index (κ1) is 13.5. The molecule has 0 bridgehead atoms. The third kappa shape index (κ3) is 2.30. The number of ether oxygens (including phenoxy) is 1. The topological polar surface area (TPSA) is 35.2 Å². The second-order valence-electron chi connectivity index (χ2n) is 5.42. The van der Waals surface area contributed by atoms with Crippen LogP contribution >= 0.6 is 11.6 Å². The average molecular weight is 288 g/mol. The molecule has 104 valence electrons. The molecule has 0 aromatic heterocycles. The lowest BCUT2D eigenvalue weighted by atomic mass is 9.90. The molecular formula is C17H18ClNO. The van der Waals surface area contributed by atoms with Gasteiger partial charge in [0.2, 0.25) is 0 Å². The van der Waals surface area contributed by atoms with E-state index in [4.69, 9.17) is 22.1 Å². The first-order chi connectivity index (χ1) is 9.56. The van der Waals surface area contributed by atoms with Crippen LogP contribution in [0, 0.1) is 13.8 Å². The second kappa shape index (κ2) is 5.12. The Morgan fingerprint density at radius 3 is 2.75 bits per heavy atom. The zero-order valence-corrected chi connectivity index (χ0v) is 12.4. The van der Waals surface area contributed by atoms with E-state index in [1.807, 2.05) is 18.2 Å². The molecule has 2 aromatic rings. The molecule has 2 unspecified atom stereocenters. The molecule has 20 heavy (non-hydrogen) atoms. The molecule has 2 aromatic carbocycles. The molecule has 2 N–H and O–H groups in total. The van der Waals surface area contributed by atoms with Gasteiger partial charge in [-0.05, 0) is 48.7 Å². The maximum atomic E-state index is 6.29. The lowest BCUT2D eigenvalue weighted by molar-refractivity contribution is 0.161. The number of hydrogen-bond donors (Lipinski definition) is 1. The molecule has 0 saturated carbocycles. The fourth-order valence-corrected chi connectivity index (χ4v) is 2.97. The van der Waals surface area contributed by atoms with E-state index in [9.17, 15) is 0 Å². The number of nitrogens with two attached hydrogens (primary N) is 1. The summed E-state index contributed by atoms with van der Waals surface area (Å²) in [7, 11) is 0. The van der Waals surface area contributed by atoms with Gasteiger partial charge in [0, 0.05) is 23.0 Å². The van der Waals surface area contributed by atoms with E-state index >= 15 is 0 Å². The third-order valence-corrected chi connectivity index (χ3v) is 4.34. The molecule has 0 amide bonds. The molecular weight excluding hydrogens is 270 g/mol. The van der Waals surface area contributed by atoms with Gasteiger partial charge in [-0.25, -0.2) is 0 Å². The van der Waals surface area contributed by atoms with Crippen molar-refractivity contribution in [2.45, 2.75) is 32.4 Å². The van der Waals surface area contributed by atoms with E-state index in [2.05, 4.69) is 32.0 Å². The van der Waals surface area contributed by atoms with Crippen molar-refractivity contribution in [1.82, 2.24) is 0 Å². The summed E-state index contributed by atoms with van der Waals surface area (Å²) in [4.78, 5) is 0. The van der Waals surface area contributed by atoms with Crippen LogP contribution in [0.2, 0.25) is 5.02 Å². The predicted molar refractivity (Wildman–Crippen MR) is 82.3 cm³/mol. The molecule has 0 saturated heterocycles. The molecule has 1 aliphatic heterocycles. The van der Waals surface area contributed by atoms with Crippen LogP contribution < -0.4 is 10.5 Å². The first-order valence-corrected chi connectivity index (χ1v) is 7.22. The van der Waals surface area contributed by atoms with E-state index in [0.29, 0.717) is 5.02 Å². The highest BCUT2D eigenvalue weighted by Crippen LogP contribution is 2.41. The Labute approximate surface area is 124 Å².